The highest BCUT2D eigenvalue weighted by atomic mass is 79.9. The van der Waals surface area contributed by atoms with Crippen LogP contribution in [0, 0.1) is 12.7 Å². The van der Waals surface area contributed by atoms with Gasteiger partial charge >= 0.3 is 0 Å². The van der Waals surface area contributed by atoms with Crippen molar-refractivity contribution in [2.45, 2.75) is 20.0 Å². The molecule has 0 saturated heterocycles. The monoisotopic (exact) mass is 475 g/mol. The first-order valence-electron chi connectivity index (χ1n) is 8.87. The number of benzene rings is 2. The van der Waals surface area contributed by atoms with Crippen LogP contribution in [0.15, 0.2) is 68.1 Å². The minimum atomic E-state index is -0.472. The summed E-state index contributed by atoms with van der Waals surface area (Å²) < 4.78 is 26.5. The lowest BCUT2D eigenvalue weighted by Crippen LogP contribution is -2.30. The van der Waals surface area contributed by atoms with Gasteiger partial charge in [-0.1, -0.05) is 33.6 Å². The number of nitrogens with zero attached hydrogens (tertiary/aromatic N) is 1. The molecule has 0 saturated carbocycles. The second kappa shape index (κ2) is 8.05. The molecule has 2 aromatic heterocycles. The number of rotatable bonds is 5. The SMILES string of the molecule is Cc1c(C(=O)N(Cc2ccco2)Cc2c(F)cccc2Cl)oc2ccc(Br)cc12. The van der Waals surface area contributed by atoms with Gasteiger partial charge < -0.3 is 13.7 Å². The van der Waals surface area contributed by atoms with Gasteiger partial charge in [0.05, 0.1) is 19.4 Å². The molecule has 0 aliphatic carbocycles. The summed E-state index contributed by atoms with van der Waals surface area (Å²) in [4.78, 5) is 14.8. The van der Waals surface area contributed by atoms with Crippen LogP contribution in [0.4, 0.5) is 4.39 Å². The Morgan fingerprint density at radius 2 is 2.00 bits per heavy atom. The van der Waals surface area contributed by atoms with Crippen LogP contribution >= 0.6 is 27.5 Å². The smallest absolute Gasteiger partial charge is 0.290 e. The van der Waals surface area contributed by atoms with Crippen LogP contribution in [-0.2, 0) is 13.1 Å². The molecule has 0 unspecified atom stereocenters. The highest BCUT2D eigenvalue weighted by Crippen LogP contribution is 2.30. The zero-order valence-corrected chi connectivity index (χ0v) is 17.8. The summed E-state index contributed by atoms with van der Waals surface area (Å²) in [7, 11) is 0. The molecule has 0 bridgehead atoms. The van der Waals surface area contributed by atoms with Crippen LogP contribution in [0.25, 0.3) is 11.0 Å². The van der Waals surface area contributed by atoms with Gasteiger partial charge in [0.1, 0.15) is 17.2 Å². The van der Waals surface area contributed by atoms with Crippen molar-refractivity contribution < 1.29 is 18.0 Å². The summed E-state index contributed by atoms with van der Waals surface area (Å²) in [6.07, 6.45) is 1.53. The van der Waals surface area contributed by atoms with Gasteiger partial charge in [-0.25, -0.2) is 4.39 Å². The number of halogens is 3. The molecule has 2 heterocycles. The lowest BCUT2D eigenvalue weighted by molar-refractivity contribution is 0.0685. The summed E-state index contributed by atoms with van der Waals surface area (Å²) in [6, 6.07) is 13.5. The molecule has 4 aromatic rings. The molecule has 4 rings (SSSR count). The van der Waals surface area contributed by atoms with Crippen molar-refractivity contribution in [3.8, 4) is 0 Å². The van der Waals surface area contributed by atoms with Gasteiger partial charge in [-0.05, 0) is 49.4 Å². The Hall–Kier alpha value is -2.57. The molecule has 0 spiro atoms. The number of amides is 1. The van der Waals surface area contributed by atoms with Crippen LogP contribution < -0.4 is 0 Å². The van der Waals surface area contributed by atoms with E-state index in [2.05, 4.69) is 15.9 Å². The van der Waals surface area contributed by atoms with Crippen molar-refractivity contribution in [3.05, 3.63) is 92.8 Å². The molecule has 29 heavy (non-hydrogen) atoms. The van der Waals surface area contributed by atoms with Crippen LogP contribution in [0.1, 0.15) is 27.4 Å². The van der Waals surface area contributed by atoms with Crippen molar-refractivity contribution >= 4 is 44.4 Å². The molecule has 0 atom stereocenters. The second-order valence-corrected chi connectivity index (χ2v) is 7.96. The van der Waals surface area contributed by atoms with E-state index in [9.17, 15) is 9.18 Å². The molecule has 7 heteroatoms. The first-order chi connectivity index (χ1) is 13.9. The fourth-order valence-corrected chi connectivity index (χ4v) is 3.79. The zero-order chi connectivity index (χ0) is 20.5. The summed E-state index contributed by atoms with van der Waals surface area (Å²) in [5.41, 5.74) is 1.57. The van der Waals surface area contributed by atoms with Crippen LogP contribution in [-0.4, -0.2) is 10.8 Å². The van der Waals surface area contributed by atoms with E-state index < -0.39 is 5.82 Å². The van der Waals surface area contributed by atoms with Gasteiger partial charge in [0.15, 0.2) is 5.76 Å². The Morgan fingerprint density at radius 3 is 2.72 bits per heavy atom. The van der Waals surface area contributed by atoms with E-state index in [4.69, 9.17) is 20.4 Å². The Balaban J connectivity index is 1.74. The van der Waals surface area contributed by atoms with E-state index in [0.29, 0.717) is 11.3 Å². The molecule has 0 aliphatic heterocycles. The Labute approximate surface area is 180 Å². The van der Waals surface area contributed by atoms with Crippen molar-refractivity contribution in [3.63, 3.8) is 0 Å². The molecule has 1 amide bonds. The van der Waals surface area contributed by atoms with Gasteiger partial charge in [0, 0.05) is 26.0 Å². The molecule has 0 radical (unpaired) electrons. The molecule has 148 valence electrons. The van der Waals surface area contributed by atoms with Gasteiger partial charge in [-0.3, -0.25) is 4.79 Å². The minimum absolute atomic E-state index is 0.0226. The van der Waals surface area contributed by atoms with Crippen molar-refractivity contribution in [1.82, 2.24) is 4.90 Å². The highest BCUT2D eigenvalue weighted by molar-refractivity contribution is 9.10. The number of fused-ring (bicyclic) bond motifs is 1. The molecular formula is C22H16BrClFNO3. The third-order valence-electron chi connectivity index (χ3n) is 4.72. The largest absolute Gasteiger partial charge is 0.467 e. The standard InChI is InChI=1S/C22H16BrClFNO3/c1-13-16-10-14(23)7-8-20(16)29-21(13)22(27)26(11-15-4-3-9-28-15)12-17-18(24)5-2-6-19(17)25/h2-10H,11-12H2,1H3. The molecule has 2 aromatic carbocycles. The molecular weight excluding hydrogens is 461 g/mol. The minimum Gasteiger partial charge on any atom is -0.467 e. The summed E-state index contributed by atoms with van der Waals surface area (Å²) in [6.45, 7) is 1.95. The zero-order valence-electron chi connectivity index (χ0n) is 15.4. The van der Waals surface area contributed by atoms with Crippen LogP contribution in [0.3, 0.4) is 0 Å². The number of aryl methyl sites for hydroxylation is 1. The average molecular weight is 477 g/mol. The van der Waals surface area contributed by atoms with Gasteiger partial charge in [0.2, 0.25) is 0 Å². The van der Waals surface area contributed by atoms with E-state index >= 15 is 0 Å². The topological polar surface area (TPSA) is 46.6 Å². The highest BCUT2D eigenvalue weighted by Gasteiger charge is 2.26. The fourth-order valence-electron chi connectivity index (χ4n) is 3.21. The Kier molecular flexibility index (Phi) is 5.48. The average Bonchev–Trinajstić information content (AvgIpc) is 3.31. The van der Waals surface area contributed by atoms with E-state index in [1.54, 1.807) is 24.3 Å². The fraction of sp³-hybridized carbons (Fsp3) is 0.136. The van der Waals surface area contributed by atoms with Crippen molar-refractivity contribution in [2.24, 2.45) is 0 Å². The summed E-state index contributed by atoms with van der Waals surface area (Å²) >= 11 is 9.63. The lowest BCUT2D eigenvalue weighted by atomic mass is 10.1. The maximum absolute atomic E-state index is 14.4. The quantitative estimate of drug-likeness (QED) is 0.321. The normalized spacial score (nSPS) is 11.2. The Morgan fingerprint density at radius 1 is 1.17 bits per heavy atom. The van der Waals surface area contributed by atoms with Crippen molar-refractivity contribution in [1.29, 1.82) is 0 Å². The second-order valence-electron chi connectivity index (χ2n) is 6.64. The first kappa shape index (κ1) is 19.7. The Bertz CT molecular complexity index is 1170. The first-order valence-corrected chi connectivity index (χ1v) is 10.0. The van der Waals surface area contributed by atoms with E-state index in [1.165, 1.54) is 23.3 Å². The van der Waals surface area contributed by atoms with Gasteiger partial charge in [0.25, 0.3) is 5.91 Å². The number of hydrogen-bond donors (Lipinski definition) is 0. The molecule has 0 fully saturated rings. The number of carbonyl (C=O) groups excluding carboxylic acids is 1. The van der Waals surface area contributed by atoms with E-state index in [1.807, 2.05) is 19.1 Å². The number of carbonyl (C=O) groups is 1. The molecule has 0 N–H and O–H groups in total. The van der Waals surface area contributed by atoms with E-state index in [0.717, 1.165) is 15.4 Å². The third-order valence-corrected chi connectivity index (χ3v) is 5.56. The van der Waals surface area contributed by atoms with Crippen LogP contribution in [0.5, 0.6) is 0 Å². The number of hydrogen-bond acceptors (Lipinski definition) is 3. The van der Waals surface area contributed by atoms with Gasteiger partial charge in [-0.15, -0.1) is 0 Å². The maximum atomic E-state index is 14.4. The molecule has 0 aliphatic rings. The van der Waals surface area contributed by atoms with Gasteiger partial charge in [-0.2, -0.15) is 0 Å². The van der Waals surface area contributed by atoms with E-state index in [-0.39, 0.29) is 35.3 Å². The van der Waals surface area contributed by atoms with Crippen LogP contribution in [0.2, 0.25) is 5.02 Å². The lowest BCUT2D eigenvalue weighted by Gasteiger charge is -2.22. The number of furan rings is 2. The summed E-state index contributed by atoms with van der Waals surface area (Å²) in [5.74, 6) is -0.0648. The maximum Gasteiger partial charge on any atom is 0.290 e. The predicted molar refractivity (Wildman–Crippen MR) is 112 cm³/mol. The molecule has 4 nitrogen and oxygen atoms in total. The third kappa shape index (κ3) is 3.95. The summed E-state index contributed by atoms with van der Waals surface area (Å²) in [5, 5.41) is 1.09. The van der Waals surface area contributed by atoms with Crippen molar-refractivity contribution in [2.75, 3.05) is 0 Å². The predicted octanol–water partition coefficient (Wildman–Crippen LogP) is 6.73.